The fourth-order valence-corrected chi connectivity index (χ4v) is 0.897. The molecule has 1 rings (SSSR count). The molecule has 132 valence electrons. The SMILES string of the molecule is C=Cc1ccccc1OC(C)=O.CC.CC.CC.CC.CC. The highest BCUT2D eigenvalue weighted by Crippen LogP contribution is 2.18. The second-order valence-electron chi connectivity index (χ2n) is 2.34. The van der Waals surface area contributed by atoms with Gasteiger partial charge < -0.3 is 4.74 Å². The Labute approximate surface area is 140 Å². The molecule has 0 aliphatic rings. The van der Waals surface area contributed by atoms with Gasteiger partial charge >= 0.3 is 5.97 Å². The molecule has 0 saturated carbocycles. The Morgan fingerprint density at radius 1 is 0.864 bits per heavy atom. The lowest BCUT2D eigenvalue weighted by atomic mass is 10.2. The fraction of sp³-hybridized carbons (Fsp3) is 0.550. The summed E-state index contributed by atoms with van der Waals surface area (Å²) >= 11 is 0. The van der Waals surface area contributed by atoms with E-state index in [4.69, 9.17) is 4.74 Å². The van der Waals surface area contributed by atoms with E-state index < -0.39 is 0 Å². The molecule has 0 fully saturated rings. The summed E-state index contributed by atoms with van der Waals surface area (Å²) in [5.41, 5.74) is 0.827. The first-order valence-electron chi connectivity index (χ1n) is 8.64. The minimum absolute atomic E-state index is 0.315. The monoisotopic (exact) mass is 312 g/mol. The third-order valence-corrected chi connectivity index (χ3v) is 1.39. The standard InChI is InChI=1S/C10H10O2.5C2H6/c1-3-9-6-4-5-7-10(9)12-8(2)11;5*1-2/h3-7H,1H2,2H3;5*1-2H3. The van der Waals surface area contributed by atoms with Crippen LogP contribution in [-0.4, -0.2) is 5.97 Å². The van der Waals surface area contributed by atoms with Crippen LogP contribution in [-0.2, 0) is 4.79 Å². The number of carbonyl (C=O) groups excluding carboxylic acids is 1. The van der Waals surface area contributed by atoms with Gasteiger partial charge in [-0.2, -0.15) is 0 Å². The number of ether oxygens (including phenoxy) is 1. The van der Waals surface area contributed by atoms with Gasteiger partial charge in [-0.3, -0.25) is 4.79 Å². The van der Waals surface area contributed by atoms with E-state index >= 15 is 0 Å². The van der Waals surface area contributed by atoms with Crippen LogP contribution in [0.25, 0.3) is 6.08 Å². The third kappa shape index (κ3) is 23.5. The molecule has 0 aliphatic carbocycles. The molecular weight excluding hydrogens is 272 g/mol. The average Bonchev–Trinajstić information content (AvgIpc) is 2.63. The smallest absolute Gasteiger partial charge is 0.308 e. The number of para-hydroxylation sites is 1. The van der Waals surface area contributed by atoms with Gasteiger partial charge in [0.05, 0.1) is 0 Å². The van der Waals surface area contributed by atoms with Gasteiger partial charge in [0.1, 0.15) is 5.75 Å². The van der Waals surface area contributed by atoms with Crippen molar-refractivity contribution in [2.24, 2.45) is 0 Å². The molecule has 0 N–H and O–H groups in total. The van der Waals surface area contributed by atoms with Crippen LogP contribution in [0.15, 0.2) is 30.8 Å². The molecule has 2 nitrogen and oxygen atoms in total. The molecule has 0 saturated heterocycles. The number of carbonyl (C=O) groups is 1. The quantitative estimate of drug-likeness (QED) is 0.420. The van der Waals surface area contributed by atoms with Crippen molar-refractivity contribution in [2.45, 2.75) is 76.2 Å². The molecule has 0 amide bonds. The highest BCUT2D eigenvalue weighted by atomic mass is 16.5. The van der Waals surface area contributed by atoms with E-state index in [-0.39, 0.29) is 5.97 Å². The van der Waals surface area contributed by atoms with Crippen LogP contribution in [0, 0.1) is 0 Å². The van der Waals surface area contributed by atoms with Crippen LogP contribution in [0.5, 0.6) is 5.75 Å². The minimum atomic E-state index is -0.315. The van der Waals surface area contributed by atoms with Crippen LogP contribution < -0.4 is 4.74 Å². The Morgan fingerprint density at radius 2 is 1.23 bits per heavy atom. The molecule has 0 unspecified atom stereocenters. The Hall–Kier alpha value is -1.57. The normalized spacial score (nSPS) is 6.32. The maximum Gasteiger partial charge on any atom is 0.308 e. The minimum Gasteiger partial charge on any atom is -0.426 e. The summed E-state index contributed by atoms with van der Waals surface area (Å²) in [4.78, 5) is 10.6. The zero-order chi connectivity index (χ0) is 19.0. The summed E-state index contributed by atoms with van der Waals surface area (Å²) in [6.45, 7) is 25.0. The van der Waals surface area contributed by atoms with E-state index in [1.165, 1.54) is 6.92 Å². The molecule has 2 heteroatoms. The molecule has 0 heterocycles. The third-order valence-electron chi connectivity index (χ3n) is 1.39. The van der Waals surface area contributed by atoms with Crippen LogP contribution in [0.3, 0.4) is 0 Å². The second kappa shape index (κ2) is 36.6. The molecule has 1 aromatic rings. The van der Waals surface area contributed by atoms with E-state index in [2.05, 4.69) is 6.58 Å². The van der Waals surface area contributed by atoms with Gasteiger partial charge in [-0.15, -0.1) is 0 Å². The number of benzene rings is 1. The zero-order valence-electron chi connectivity index (χ0n) is 16.9. The van der Waals surface area contributed by atoms with E-state index in [9.17, 15) is 4.79 Å². The van der Waals surface area contributed by atoms with E-state index in [0.29, 0.717) is 5.75 Å². The molecule has 22 heavy (non-hydrogen) atoms. The molecule has 0 aliphatic heterocycles. The fourth-order valence-electron chi connectivity index (χ4n) is 0.897. The lowest BCUT2D eigenvalue weighted by Gasteiger charge is -2.03. The predicted octanol–water partition coefficient (Wildman–Crippen LogP) is 7.39. The van der Waals surface area contributed by atoms with Crippen molar-refractivity contribution >= 4 is 12.0 Å². The van der Waals surface area contributed by atoms with Crippen LogP contribution >= 0.6 is 0 Å². The Balaban J connectivity index is -0.0000000822. The summed E-state index contributed by atoms with van der Waals surface area (Å²) in [6.07, 6.45) is 1.65. The Kier molecular flexibility index (Phi) is 53.9. The molecule has 0 aromatic heterocycles. The van der Waals surface area contributed by atoms with Gasteiger partial charge in [0.15, 0.2) is 0 Å². The summed E-state index contributed by atoms with van der Waals surface area (Å²) in [5.74, 6) is 0.240. The van der Waals surface area contributed by atoms with Crippen LogP contribution in [0.1, 0.15) is 81.7 Å². The number of hydrogen-bond acceptors (Lipinski definition) is 2. The van der Waals surface area contributed by atoms with Gasteiger partial charge in [0.25, 0.3) is 0 Å². The first-order valence-corrected chi connectivity index (χ1v) is 8.64. The molecule has 1 aromatic carbocycles. The van der Waals surface area contributed by atoms with Crippen molar-refractivity contribution in [1.29, 1.82) is 0 Å². The second-order valence-corrected chi connectivity index (χ2v) is 2.34. The number of rotatable bonds is 2. The molecule has 0 spiro atoms. The van der Waals surface area contributed by atoms with Gasteiger partial charge in [-0.1, -0.05) is 100 Å². The largest absolute Gasteiger partial charge is 0.426 e. The summed E-state index contributed by atoms with van der Waals surface area (Å²) in [7, 11) is 0. The van der Waals surface area contributed by atoms with Crippen molar-refractivity contribution in [1.82, 2.24) is 0 Å². The van der Waals surface area contributed by atoms with Crippen molar-refractivity contribution in [3.8, 4) is 5.75 Å². The summed E-state index contributed by atoms with van der Waals surface area (Å²) < 4.78 is 4.93. The maximum absolute atomic E-state index is 10.6. The maximum atomic E-state index is 10.6. The Bertz CT molecular complexity index is 304. The van der Waals surface area contributed by atoms with E-state index in [1.54, 1.807) is 12.1 Å². The van der Waals surface area contributed by atoms with Crippen molar-refractivity contribution in [3.63, 3.8) is 0 Å². The topological polar surface area (TPSA) is 26.3 Å². The highest BCUT2D eigenvalue weighted by molar-refractivity contribution is 5.71. The van der Waals surface area contributed by atoms with Gasteiger partial charge in [-0.05, 0) is 6.07 Å². The molecule has 0 atom stereocenters. The van der Waals surface area contributed by atoms with Gasteiger partial charge in [-0.25, -0.2) is 0 Å². The van der Waals surface area contributed by atoms with Gasteiger partial charge in [0, 0.05) is 12.5 Å². The first kappa shape index (κ1) is 32.4. The summed E-state index contributed by atoms with van der Waals surface area (Å²) in [6, 6.07) is 7.25. The van der Waals surface area contributed by atoms with Gasteiger partial charge in [0.2, 0.25) is 0 Å². The van der Waals surface area contributed by atoms with Crippen molar-refractivity contribution in [3.05, 3.63) is 36.4 Å². The van der Waals surface area contributed by atoms with Crippen molar-refractivity contribution in [2.75, 3.05) is 0 Å². The van der Waals surface area contributed by atoms with Crippen molar-refractivity contribution < 1.29 is 9.53 Å². The first-order chi connectivity index (χ1) is 10.7. The predicted molar refractivity (Wildman–Crippen MR) is 105 cm³/mol. The molecular formula is C20H40O2. The lowest BCUT2D eigenvalue weighted by Crippen LogP contribution is -2.02. The zero-order valence-corrected chi connectivity index (χ0v) is 16.9. The van der Waals surface area contributed by atoms with E-state index in [1.807, 2.05) is 87.4 Å². The number of esters is 1. The Morgan fingerprint density at radius 3 is 1.55 bits per heavy atom. The lowest BCUT2D eigenvalue weighted by molar-refractivity contribution is -0.131. The number of hydrogen-bond donors (Lipinski definition) is 0. The van der Waals surface area contributed by atoms with Crippen LogP contribution in [0.2, 0.25) is 0 Å². The van der Waals surface area contributed by atoms with E-state index in [0.717, 1.165) is 5.56 Å². The molecule has 0 radical (unpaired) electrons. The highest BCUT2D eigenvalue weighted by Gasteiger charge is 2.00. The summed E-state index contributed by atoms with van der Waals surface area (Å²) in [5, 5.41) is 0. The average molecular weight is 313 g/mol. The molecule has 0 bridgehead atoms. The van der Waals surface area contributed by atoms with Crippen LogP contribution in [0.4, 0.5) is 0 Å².